The van der Waals surface area contributed by atoms with Crippen molar-refractivity contribution in [3.8, 4) is 5.75 Å². The van der Waals surface area contributed by atoms with E-state index in [0.29, 0.717) is 27.4 Å². The fraction of sp³-hybridized carbons (Fsp3) is 0.357. The minimum Gasteiger partial charge on any atom is -0.506 e. The number of carboxylic acid groups (broad SMARTS) is 1. The van der Waals surface area contributed by atoms with E-state index >= 15 is 0 Å². The number of ether oxygens (including phenoxy) is 1. The molecule has 0 aliphatic rings. The molecule has 0 spiro atoms. The highest BCUT2D eigenvalue weighted by molar-refractivity contribution is 9.11. The number of allylic oxidation sites excluding steroid dienone is 1. The van der Waals surface area contributed by atoms with Gasteiger partial charge in [-0.05, 0) is 40.9 Å². The minimum atomic E-state index is -1.03. The summed E-state index contributed by atoms with van der Waals surface area (Å²) in [6, 6.07) is 3.28. The largest absolute Gasteiger partial charge is 0.506 e. The molecule has 116 valence electrons. The molecule has 1 aromatic carbocycles. The van der Waals surface area contributed by atoms with Crippen LogP contribution in [-0.2, 0) is 9.53 Å². The number of carbonyl (C=O) groups is 1. The molecule has 21 heavy (non-hydrogen) atoms. The Bertz CT molecular complexity index is 530. The molecular weight excluding hydrogens is 408 g/mol. The van der Waals surface area contributed by atoms with E-state index < -0.39 is 18.2 Å². The van der Waals surface area contributed by atoms with Crippen LogP contribution >= 0.6 is 31.9 Å². The van der Waals surface area contributed by atoms with E-state index in [1.165, 1.54) is 13.2 Å². The zero-order chi connectivity index (χ0) is 16.0. The fourth-order valence-corrected chi connectivity index (χ4v) is 3.12. The standard InChI is InChI=1S/C14H16Br2O5/c1-21-11(4-2-3-5-12(17)18)14(20)9-6-8(15)7-10(16)13(9)19/h3,5-7,11,14,19-20H,2,4H2,1H3,(H,17,18)/b5-3+/t11-,14-/m1/s1. The lowest BCUT2D eigenvalue weighted by atomic mass is 9.99. The van der Waals surface area contributed by atoms with E-state index in [9.17, 15) is 15.0 Å². The van der Waals surface area contributed by atoms with Gasteiger partial charge >= 0.3 is 5.97 Å². The maximum absolute atomic E-state index is 10.4. The van der Waals surface area contributed by atoms with Gasteiger partial charge in [-0.25, -0.2) is 4.79 Å². The lowest BCUT2D eigenvalue weighted by molar-refractivity contribution is -0.131. The van der Waals surface area contributed by atoms with Gasteiger partial charge in [-0.3, -0.25) is 0 Å². The molecule has 0 aliphatic carbocycles. The topological polar surface area (TPSA) is 87.0 Å². The predicted molar refractivity (Wildman–Crippen MR) is 85.3 cm³/mol. The Morgan fingerprint density at radius 1 is 1.43 bits per heavy atom. The Morgan fingerprint density at radius 3 is 2.67 bits per heavy atom. The second-order valence-corrected chi connectivity index (χ2v) is 6.13. The summed E-state index contributed by atoms with van der Waals surface area (Å²) in [5.74, 6) is -1.06. The molecule has 0 amide bonds. The van der Waals surface area contributed by atoms with Crippen LogP contribution in [0.3, 0.4) is 0 Å². The van der Waals surface area contributed by atoms with Crippen LogP contribution in [0.1, 0.15) is 24.5 Å². The van der Waals surface area contributed by atoms with Crippen LogP contribution in [0.25, 0.3) is 0 Å². The first-order chi connectivity index (χ1) is 9.86. The van der Waals surface area contributed by atoms with Gasteiger partial charge in [-0.1, -0.05) is 22.0 Å². The van der Waals surface area contributed by atoms with Gasteiger partial charge in [0.1, 0.15) is 11.9 Å². The highest BCUT2D eigenvalue weighted by atomic mass is 79.9. The number of aliphatic carboxylic acids is 1. The van der Waals surface area contributed by atoms with Crippen LogP contribution < -0.4 is 0 Å². The molecule has 1 rings (SSSR count). The average molecular weight is 424 g/mol. The van der Waals surface area contributed by atoms with Crippen LogP contribution in [0.15, 0.2) is 33.2 Å². The number of halogens is 2. The number of phenolic OH excluding ortho intramolecular Hbond substituents is 1. The van der Waals surface area contributed by atoms with Gasteiger partial charge in [0.2, 0.25) is 0 Å². The minimum absolute atomic E-state index is 0.0474. The lowest BCUT2D eigenvalue weighted by Gasteiger charge is -2.22. The molecule has 7 heteroatoms. The van der Waals surface area contributed by atoms with Crippen molar-refractivity contribution in [1.29, 1.82) is 0 Å². The predicted octanol–water partition coefficient (Wildman–Crippen LogP) is 3.39. The molecule has 1 aromatic rings. The molecule has 0 aliphatic heterocycles. The quantitative estimate of drug-likeness (QED) is 0.585. The normalized spacial score (nSPS) is 14.3. The van der Waals surface area contributed by atoms with Crippen molar-refractivity contribution in [2.45, 2.75) is 25.0 Å². The summed E-state index contributed by atoms with van der Waals surface area (Å²) in [6.45, 7) is 0. The monoisotopic (exact) mass is 422 g/mol. The summed E-state index contributed by atoms with van der Waals surface area (Å²) in [6.07, 6.45) is 1.82. The molecule has 3 N–H and O–H groups in total. The first-order valence-corrected chi connectivity index (χ1v) is 7.73. The van der Waals surface area contributed by atoms with E-state index in [-0.39, 0.29) is 5.75 Å². The van der Waals surface area contributed by atoms with Crippen molar-refractivity contribution in [2.75, 3.05) is 7.11 Å². The van der Waals surface area contributed by atoms with Crippen molar-refractivity contribution < 1.29 is 24.9 Å². The molecule has 5 nitrogen and oxygen atoms in total. The van der Waals surface area contributed by atoms with E-state index in [1.807, 2.05) is 0 Å². The van der Waals surface area contributed by atoms with E-state index in [1.54, 1.807) is 12.1 Å². The van der Waals surface area contributed by atoms with Crippen molar-refractivity contribution in [3.63, 3.8) is 0 Å². The number of aliphatic hydroxyl groups excluding tert-OH is 1. The molecule has 0 unspecified atom stereocenters. The zero-order valence-electron chi connectivity index (χ0n) is 11.3. The number of phenols is 1. The summed E-state index contributed by atoms with van der Waals surface area (Å²) in [5.41, 5.74) is 0.338. The SMILES string of the molecule is CO[C@H](CC/C=C/C(=O)O)[C@H](O)c1cc(Br)cc(Br)c1O. The van der Waals surface area contributed by atoms with Crippen molar-refractivity contribution >= 4 is 37.8 Å². The molecular formula is C14H16Br2O5. The highest BCUT2D eigenvalue weighted by Gasteiger charge is 2.24. The van der Waals surface area contributed by atoms with Gasteiger partial charge in [-0.15, -0.1) is 0 Å². The summed E-state index contributed by atoms with van der Waals surface area (Å²) >= 11 is 6.50. The van der Waals surface area contributed by atoms with Gasteiger partial charge in [0.25, 0.3) is 0 Å². The fourth-order valence-electron chi connectivity index (χ4n) is 1.86. The summed E-state index contributed by atoms with van der Waals surface area (Å²) in [4.78, 5) is 10.4. The van der Waals surface area contributed by atoms with Gasteiger partial charge in [0, 0.05) is 23.2 Å². The molecule has 0 bridgehead atoms. The molecule has 0 aromatic heterocycles. The van der Waals surface area contributed by atoms with Crippen LogP contribution in [-0.4, -0.2) is 34.5 Å². The summed E-state index contributed by atoms with van der Waals surface area (Å²) in [5, 5.41) is 28.9. The van der Waals surface area contributed by atoms with Crippen LogP contribution in [0, 0.1) is 0 Å². The summed E-state index contributed by atoms with van der Waals surface area (Å²) < 4.78 is 6.41. The Kier molecular flexibility index (Phi) is 7.37. The number of methoxy groups -OCH3 is 1. The van der Waals surface area contributed by atoms with Crippen LogP contribution in [0.2, 0.25) is 0 Å². The smallest absolute Gasteiger partial charge is 0.327 e. The van der Waals surface area contributed by atoms with Crippen LogP contribution in [0.4, 0.5) is 0 Å². The van der Waals surface area contributed by atoms with Gasteiger partial charge < -0.3 is 20.1 Å². The lowest BCUT2D eigenvalue weighted by Crippen LogP contribution is -2.21. The van der Waals surface area contributed by atoms with Gasteiger partial charge in [0.15, 0.2) is 0 Å². The first kappa shape index (κ1) is 18.2. The Morgan fingerprint density at radius 2 is 2.10 bits per heavy atom. The second-order valence-electron chi connectivity index (χ2n) is 4.36. The Hall–Kier alpha value is -0.890. The average Bonchev–Trinajstić information content (AvgIpc) is 2.42. The Balaban J connectivity index is 2.83. The molecule has 0 heterocycles. The third-order valence-corrected chi connectivity index (χ3v) is 3.97. The molecule has 0 fully saturated rings. The number of rotatable bonds is 7. The van der Waals surface area contributed by atoms with E-state index in [2.05, 4.69) is 31.9 Å². The van der Waals surface area contributed by atoms with E-state index in [4.69, 9.17) is 9.84 Å². The number of hydrogen-bond acceptors (Lipinski definition) is 4. The van der Waals surface area contributed by atoms with Gasteiger partial charge in [-0.2, -0.15) is 0 Å². The maximum atomic E-state index is 10.4. The second kappa shape index (κ2) is 8.53. The van der Waals surface area contributed by atoms with Crippen molar-refractivity contribution in [2.24, 2.45) is 0 Å². The summed E-state index contributed by atoms with van der Waals surface area (Å²) in [7, 11) is 1.46. The number of carboxylic acids is 1. The first-order valence-electron chi connectivity index (χ1n) is 6.15. The number of benzene rings is 1. The van der Waals surface area contributed by atoms with Gasteiger partial charge in [0.05, 0.1) is 10.6 Å². The molecule has 0 radical (unpaired) electrons. The molecule has 2 atom stereocenters. The number of hydrogen-bond donors (Lipinski definition) is 3. The van der Waals surface area contributed by atoms with E-state index in [0.717, 1.165) is 6.08 Å². The van der Waals surface area contributed by atoms with Crippen molar-refractivity contribution in [1.82, 2.24) is 0 Å². The maximum Gasteiger partial charge on any atom is 0.327 e. The number of aromatic hydroxyl groups is 1. The highest BCUT2D eigenvalue weighted by Crippen LogP contribution is 2.37. The molecule has 0 saturated heterocycles. The van der Waals surface area contributed by atoms with Crippen molar-refractivity contribution in [3.05, 3.63) is 38.8 Å². The third kappa shape index (κ3) is 5.43. The third-order valence-electron chi connectivity index (χ3n) is 2.91. The molecule has 0 saturated carbocycles. The van der Waals surface area contributed by atoms with Crippen LogP contribution in [0.5, 0.6) is 5.75 Å². The Labute approximate surface area is 139 Å². The zero-order valence-corrected chi connectivity index (χ0v) is 14.5. The number of aliphatic hydroxyl groups is 1.